The first-order valence-electron chi connectivity index (χ1n) is 6.38. The summed E-state index contributed by atoms with van der Waals surface area (Å²) in [5, 5.41) is 0.284. The van der Waals surface area contributed by atoms with Gasteiger partial charge in [0, 0.05) is 18.8 Å². The molecule has 19 heavy (non-hydrogen) atoms. The zero-order chi connectivity index (χ0) is 13.9. The van der Waals surface area contributed by atoms with Crippen LogP contribution in [-0.4, -0.2) is 44.0 Å². The molecule has 0 spiro atoms. The molecule has 0 amide bonds. The molecule has 0 aliphatic carbocycles. The van der Waals surface area contributed by atoms with Gasteiger partial charge in [-0.05, 0) is 38.1 Å². The number of nitrogens with zero attached hydrogens (tertiary/aromatic N) is 2. The Morgan fingerprint density at radius 1 is 1.53 bits per heavy atom. The first-order chi connectivity index (χ1) is 9.03. The molecule has 106 valence electrons. The first kappa shape index (κ1) is 14.7. The topological polar surface area (TPSA) is 62.3 Å². The molecule has 1 aromatic rings. The van der Waals surface area contributed by atoms with Gasteiger partial charge < -0.3 is 0 Å². The molecule has 5 nitrogen and oxygen atoms in total. The van der Waals surface area contributed by atoms with Crippen molar-refractivity contribution < 1.29 is 8.42 Å². The van der Waals surface area contributed by atoms with Gasteiger partial charge in [0.15, 0.2) is 0 Å². The Balaban J connectivity index is 2.00. The van der Waals surface area contributed by atoms with E-state index < -0.39 is 10.0 Å². The minimum atomic E-state index is -3.49. The summed E-state index contributed by atoms with van der Waals surface area (Å²) in [4.78, 5) is 6.24. The number of halogens is 1. The van der Waals surface area contributed by atoms with Crippen molar-refractivity contribution in [3.63, 3.8) is 0 Å². The van der Waals surface area contributed by atoms with Gasteiger partial charge in [0.25, 0.3) is 0 Å². The monoisotopic (exact) mass is 303 g/mol. The largest absolute Gasteiger partial charge is 0.299 e. The van der Waals surface area contributed by atoms with Crippen LogP contribution in [0.5, 0.6) is 0 Å². The molecule has 1 aliphatic rings. The number of sulfonamides is 1. The summed E-state index contributed by atoms with van der Waals surface area (Å²) in [5.41, 5.74) is 0. The maximum absolute atomic E-state index is 12.1. The Morgan fingerprint density at radius 3 is 2.95 bits per heavy atom. The molecule has 1 saturated heterocycles. The van der Waals surface area contributed by atoms with Crippen molar-refractivity contribution in [2.24, 2.45) is 0 Å². The summed E-state index contributed by atoms with van der Waals surface area (Å²) >= 11 is 5.65. The number of pyridine rings is 1. The van der Waals surface area contributed by atoms with Crippen LogP contribution in [-0.2, 0) is 10.0 Å². The second-order valence-electron chi connectivity index (χ2n) is 4.59. The summed E-state index contributed by atoms with van der Waals surface area (Å²) in [6.45, 7) is 4.54. The Morgan fingerprint density at radius 2 is 2.32 bits per heavy atom. The van der Waals surface area contributed by atoms with Crippen molar-refractivity contribution >= 4 is 21.6 Å². The molecule has 1 aromatic heterocycles. The molecule has 2 heterocycles. The normalized spacial score (nSPS) is 20.8. The second kappa shape index (κ2) is 6.17. The van der Waals surface area contributed by atoms with Crippen molar-refractivity contribution in [2.45, 2.75) is 30.7 Å². The molecule has 7 heteroatoms. The average Bonchev–Trinajstić information content (AvgIpc) is 2.84. The predicted octanol–water partition coefficient (Wildman–Crippen LogP) is 1.50. The Bertz CT molecular complexity index is 518. The Labute approximate surface area is 119 Å². The minimum Gasteiger partial charge on any atom is -0.299 e. The molecule has 0 radical (unpaired) electrons. The lowest BCUT2D eigenvalue weighted by Gasteiger charge is -2.22. The zero-order valence-electron chi connectivity index (χ0n) is 10.8. The van der Waals surface area contributed by atoms with Crippen LogP contribution in [0.15, 0.2) is 23.2 Å². The van der Waals surface area contributed by atoms with E-state index in [-0.39, 0.29) is 10.0 Å². The highest BCUT2D eigenvalue weighted by molar-refractivity contribution is 7.89. The van der Waals surface area contributed by atoms with Crippen LogP contribution in [0, 0.1) is 0 Å². The van der Waals surface area contributed by atoms with Gasteiger partial charge >= 0.3 is 0 Å². The SMILES string of the molecule is CCN1CCCC1CNS(=O)(=O)c1ccc(Cl)nc1. The minimum absolute atomic E-state index is 0.151. The Kier molecular flexibility index (Phi) is 4.78. The quantitative estimate of drug-likeness (QED) is 0.837. The summed E-state index contributed by atoms with van der Waals surface area (Å²) < 4.78 is 26.8. The standard InChI is InChI=1S/C12H18ClN3O2S/c1-2-16-7-3-4-10(16)8-15-19(17,18)11-5-6-12(13)14-9-11/h5-6,9-10,15H,2-4,7-8H2,1H3. The van der Waals surface area contributed by atoms with Crippen LogP contribution in [0.4, 0.5) is 0 Å². The van der Waals surface area contributed by atoms with Crippen LogP contribution < -0.4 is 4.72 Å². The van der Waals surface area contributed by atoms with Crippen molar-refractivity contribution in [1.29, 1.82) is 0 Å². The third-order valence-corrected chi connectivity index (χ3v) is 5.06. The van der Waals surface area contributed by atoms with Crippen molar-refractivity contribution in [1.82, 2.24) is 14.6 Å². The van der Waals surface area contributed by atoms with Crippen molar-refractivity contribution in [3.05, 3.63) is 23.5 Å². The number of hydrogen-bond donors (Lipinski definition) is 1. The van der Waals surface area contributed by atoms with Crippen LogP contribution in [0.2, 0.25) is 5.15 Å². The second-order valence-corrected chi connectivity index (χ2v) is 6.75. The molecule has 2 rings (SSSR count). The first-order valence-corrected chi connectivity index (χ1v) is 8.24. The lowest BCUT2D eigenvalue weighted by atomic mass is 10.2. The van der Waals surface area contributed by atoms with E-state index in [1.165, 1.54) is 18.3 Å². The van der Waals surface area contributed by atoms with Crippen LogP contribution >= 0.6 is 11.6 Å². The van der Waals surface area contributed by atoms with E-state index >= 15 is 0 Å². The fourth-order valence-electron chi connectivity index (χ4n) is 2.35. The average molecular weight is 304 g/mol. The Hall–Kier alpha value is -0.690. The molecular weight excluding hydrogens is 286 g/mol. The molecule has 1 aliphatic heterocycles. The zero-order valence-corrected chi connectivity index (χ0v) is 12.4. The van der Waals surface area contributed by atoms with Crippen molar-refractivity contribution in [2.75, 3.05) is 19.6 Å². The summed E-state index contributed by atoms with van der Waals surface area (Å²) in [6.07, 6.45) is 3.44. The molecule has 1 N–H and O–H groups in total. The van der Waals surface area contributed by atoms with Gasteiger partial charge in [-0.15, -0.1) is 0 Å². The van der Waals surface area contributed by atoms with Gasteiger partial charge in [-0.2, -0.15) is 0 Å². The van der Waals surface area contributed by atoms with E-state index in [4.69, 9.17) is 11.6 Å². The number of likely N-dealkylation sites (tertiary alicyclic amines) is 1. The van der Waals surface area contributed by atoms with Crippen LogP contribution in [0.1, 0.15) is 19.8 Å². The van der Waals surface area contributed by atoms with Gasteiger partial charge in [0.1, 0.15) is 10.0 Å². The molecule has 1 atom stereocenters. The number of rotatable bonds is 5. The molecule has 1 unspecified atom stereocenters. The van der Waals surface area contributed by atoms with Gasteiger partial charge in [-0.1, -0.05) is 18.5 Å². The molecule has 0 saturated carbocycles. The number of likely N-dealkylation sites (N-methyl/N-ethyl adjacent to an activating group) is 1. The summed E-state index contributed by atoms with van der Waals surface area (Å²) in [7, 11) is -3.49. The number of nitrogens with one attached hydrogen (secondary N) is 1. The highest BCUT2D eigenvalue weighted by Gasteiger charge is 2.25. The van der Waals surface area contributed by atoms with Gasteiger partial charge in [-0.25, -0.2) is 18.1 Å². The van der Waals surface area contributed by atoms with E-state index in [0.29, 0.717) is 12.6 Å². The third kappa shape index (κ3) is 3.66. The number of aromatic nitrogens is 1. The summed E-state index contributed by atoms with van der Waals surface area (Å²) in [5.74, 6) is 0. The van der Waals surface area contributed by atoms with Gasteiger partial charge in [-0.3, -0.25) is 4.90 Å². The smallest absolute Gasteiger partial charge is 0.242 e. The van der Waals surface area contributed by atoms with Crippen LogP contribution in [0.3, 0.4) is 0 Å². The van der Waals surface area contributed by atoms with E-state index in [1.807, 2.05) is 0 Å². The van der Waals surface area contributed by atoms with Gasteiger partial charge in [0.05, 0.1) is 0 Å². The summed E-state index contributed by atoms with van der Waals surface area (Å²) in [6, 6.07) is 3.23. The van der Waals surface area contributed by atoms with Crippen molar-refractivity contribution in [3.8, 4) is 0 Å². The lowest BCUT2D eigenvalue weighted by Crippen LogP contribution is -2.40. The predicted molar refractivity (Wildman–Crippen MR) is 74.7 cm³/mol. The third-order valence-electron chi connectivity index (χ3n) is 3.42. The van der Waals surface area contributed by atoms with E-state index in [1.54, 1.807) is 0 Å². The van der Waals surface area contributed by atoms with E-state index in [9.17, 15) is 8.42 Å². The number of hydrogen-bond acceptors (Lipinski definition) is 4. The van der Waals surface area contributed by atoms with E-state index in [2.05, 4.69) is 21.5 Å². The lowest BCUT2D eigenvalue weighted by molar-refractivity contribution is 0.268. The van der Waals surface area contributed by atoms with Gasteiger partial charge in [0.2, 0.25) is 10.0 Å². The highest BCUT2D eigenvalue weighted by Crippen LogP contribution is 2.17. The fourth-order valence-corrected chi connectivity index (χ4v) is 3.48. The van der Waals surface area contributed by atoms with E-state index in [0.717, 1.165) is 25.9 Å². The van der Waals surface area contributed by atoms with Crippen LogP contribution in [0.25, 0.3) is 0 Å². The molecule has 0 bridgehead atoms. The maximum Gasteiger partial charge on any atom is 0.242 e. The molecule has 1 fully saturated rings. The molecule has 0 aromatic carbocycles. The highest BCUT2D eigenvalue weighted by atomic mass is 35.5. The maximum atomic E-state index is 12.1. The fraction of sp³-hybridized carbons (Fsp3) is 0.583. The molecular formula is C12H18ClN3O2S.